The monoisotopic (exact) mass is 150 g/mol. The van der Waals surface area contributed by atoms with Crippen LogP contribution in [0.2, 0.25) is 0 Å². The van der Waals surface area contributed by atoms with E-state index in [-0.39, 0.29) is 5.41 Å². The molecule has 0 rings (SSSR count). The van der Waals surface area contributed by atoms with Gasteiger partial charge in [-0.25, -0.2) is 0 Å². The molecule has 0 bridgehead atoms. The van der Waals surface area contributed by atoms with E-state index in [2.05, 4.69) is 45.6 Å². The van der Waals surface area contributed by atoms with Crippen LogP contribution in [0.5, 0.6) is 0 Å². The highest BCUT2D eigenvalue weighted by Crippen LogP contribution is 2.14. The zero-order valence-electron chi connectivity index (χ0n) is 8.02. The molecule has 0 saturated heterocycles. The topological polar surface area (TPSA) is 0 Å². The molecule has 0 aromatic rings. The maximum absolute atomic E-state index is 3.67. The van der Waals surface area contributed by atoms with Gasteiger partial charge in [-0.1, -0.05) is 57.2 Å². The Labute approximate surface area is 70.3 Å². The lowest BCUT2D eigenvalue weighted by molar-refractivity contribution is 0.544. The Morgan fingerprint density at radius 2 is 1.82 bits per heavy atom. The van der Waals surface area contributed by atoms with Crippen LogP contribution in [0.15, 0.2) is 36.5 Å². The highest BCUT2D eigenvalue weighted by molar-refractivity contribution is 5.20. The first-order valence-electron chi connectivity index (χ1n) is 3.94. The van der Waals surface area contributed by atoms with Crippen molar-refractivity contribution in [2.45, 2.75) is 27.7 Å². The van der Waals surface area contributed by atoms with Crippen molar-refractivity contribution in [3.8, 4) is 0 Å². The summed E-state index contributed by atoms with van der Waals surface area (Å²) in [6.07, 6.45) is 8.18. The van der Waals surface area contributed by atoms with Crippen molar-refractivity contribution in [1.82, 2.24) is 0 Å². The second-order valence-electron chi connectivity index (χ2n) is 3.84. The van der Waals surface area contributed by atoms with Crippen molar-refractivity contribution in [3.05, 3.63) is 36.5 Å². The predicted molar refractivity (Wildman–Crippen MR) is 52.5 cm³/mol. The summed E-state index contributed by atoms with van der Waals surface area (Å²) >= 11 is 0. The lowest BCUT2D eigenvalue weighted by Gasteiger charge is -2.09. The average molecular weight is 150 g/mol. The van der Waals surface area contributed by atoms with E-state index in [9.17, 15) is 0 Å². The van der Waals surface area contributed by atoms with Gasteiger partial charge in [-0.2, -0.15) is 0 Å². The van der Waals surface area contributed by atoms with Crippen LogP contribution in [-0.2, 0) is 0 Å². The van der Waals surface area contributed by atoms with E-state index in [4.69, 9.17) is 0 Å². The number of allylic oxidation sites excluding steroid dienone is 5. The first-order valence-corrected chi connectivity index (χ1v) is 3.94. The van der Waals surface area contributed by atoms with Gasteiger partial charge in [-0.15, -0.1) is 0 Å². The Hall–Kier alpha value is -0.780. The summed E-state index contributed by atoms with van der Waals surface area (Å²) in [5.74, 6) is 0. The molecular weight excluding hydrogens is 132 g/mol. The summed E-state index contributed by atoms with van der Waals surface area (Å²) in [5, 5.41) is 0. The molecule has 11 heavy (non-hydrogen) atoms. The molecule has 0 amide bonds. The smallest absolute Gasteiger partial charge is 0.0200 e. The van der Waals surface area contributed by atoms with Crippen LogP contribution in [0.3, 0.4) is 0 Å². The molecule has 0 heteroatoms. The molecule has 0 aromatic carbocycles. The van der Waals surface area contributed by atoms with Crippen LogP contribution in [0.4, 0.5) is 0 Å². The maximum atomic E-state index is 3.67. The summed E-state index contributed by atoms with van der Waals surface area (Å²) in [7, 11) is 0. The zero-order chi connectivity index (χ0) is 8.91. The van der Waals surface area contributed by atoms with E-state index in [0.29, 0.717) is 0 Å². The van der Waals surface area contributed by atoms with E-state index in [0.717, 1.165) is 0 Å². The fraction of sp³-hybridized carbons (Fsp3) is 0.455. The van der Waals surface area contributed by atoms with E-state index >= 15 is 0 Å². The summed E-state index contributed by atoms with van der Waals surface area (Å²) in [5.41, 5.74) is 1.48. The highest BCUT2D eigenvalue weighted by Gasteiger charge is 2.01. The molecule has 62 valence electrons. The third-order valence-corrected chi connectivity index (χ3v) is 1.28. The first kappa shape index (κ1) is 10.2. The van der Waals surface area contributed by atoms with Gasteiger partial charge >= 0.3 is 0 Å². The molecule has 0 atom stereocenters. The number of hydrogen-bond acceptors (Lipinski definition) is 0. The molecule has 0 spiro atoms. The van der Waals surface area contributed by atoms with Crippen molar-refractivity contribution in [2.24, 2.45) is 5.41 Å². The van der Waals surface area contributed by atoms with Gasteiger partial charge in [0.15, 0.2) is 0 Å². The average Bonchev–Trinajstić information content (AvgIpc) is 1.85. The van der Waals surface area contributed by atoms with Crippen LogP contribution >= 0.6 is 0 Å². The molecule has 0 nitrogen and oxygen atoms in total. The SMILES string of the molecule is C=C/C(C)=C\C=C\C(C)(C)C. The van der Waals surface area contributed by atoms with E-state index < -0.39 is 0 Å². The molecule has 0 saturated carbocycles. The zero-order valence-corrected chi connectivity index (χ0v) is 8.02. The molecule has 0 aromatic heterocycles. The van der Waals surface area contributed by atoms with Gasteiger partial charge < -0.3 is 0 Å². The van der Waals surface area contributed by atoms with Crippen LogP contribution in [-0.4, -0.2) is 0 Å². The largest absolute Gasteiger partial charge is 0.0988 e. The Bertz CT molecular complexity index is 175. The summed E-state index contributed by atoms with van der Waals surface area (Å²) < 4.78 is 0. The molecule has 0 aliphatic heterocycles. The van der Waals surface area contributed by atoms with Gasteiger partial charge in [0.1, 0.15) is 0 Å². The Balaban J connectivity index is 4.06. The fourth-order valence-electron chi connectivity index (χ4n) is 0.557. The lowest BCUT2D eigenvalue weighted by atomic mass is 9.96. The molecular formula is C11H18. The van der Waals surface area contributed by atoms with E-state index in [1.54, 1.807) is 0 Å². The predicted octanol–water partition coefficient (Wildman–Crippen LogP) is 3.72. The fourth-order valence-corrected chi connectivity index (χ4v) is 0.557. The molecule has 0 unspecified atom stereocenters. The molecule has 0 aliphatic rings. The third kappa shape index (κ3) is 7.11. The van der Waals surface area contributed by atoms with Crippen LogP contribution in [0.25, 0.3) is 0 Å². The summed E-state index contributed by atoms with van der Waals surface area (Å²) in [6.45, 7) is 12.3. The Kier molecular flexibility index (Phi) is 3.88. The van der Waals surface area contributed by atoms with E-state index in [1.165, 1.54) is 5.57 Å². The van der Waals surface area contributed by atoms with E-state index in [1.807, 2.05) is 13.0 Å². The van der Waals surface area contributed by atoms with Crippen molar-refractivity contribution < 1.29 is 0 Å². The van der Waals surface area contributed by atoms with Crippen molar-refractivity contribution in [2.75, 3.05) is 0 Å². The van der Waals surface area contributed by atoms with Gasteiger partial charge in [0.05, 0.1) is 0 Å². The Morgan fingerprint density at radius 1 is 1.27 bits per heavy atom. The molecule has 0 aliphatic carbocycles. The van der Waals surface area contributed by atoms with Crippen LogP contribution in [0.1, 0.15) is 27.7 Å². The molecule has 0 radical (unpaired) electrons. The minimum absolute atomic E-state index is 0.276. The van der Waals surface area contributed by atoms with Crippen LogP contribution in [0, 0.1) is 5.41 Å². The van der Waals surface area contributed by atoms with Crippen LogP contribution < -0.4 is 0 Å². The van der Waals surface area contributed by atoms with Gasteiger partial charge in [0, 0.05) is 0 Å². The quantitative estimate of drug-likeness (QED) is 0.526. The molecule has 0 heterocycles. The minimum atomic E-state index is 0.276. The third-order valence-electron chi connectivity index (χ3n) is 1.28. The second-order valence-corrected chi connectivity index (χ2v) is 3.84. The summed E-state index contributed by atoms with van der Waals surface area (Å²) in [6, 6.07) is 0. The standard InChI is InChI=1S/C11H18/c1-6-10(2)8-7-9-11(3,4)5/h6-9H,1H2,2-5H3/b9-7+,10-8-. The van der Waals surface area contributed by atoms with Gasteiger partial charge in [-0.05, 0) is 12.3 Å². The second kappa shape index (κ2) is 4.17. The van der Waals surface area contributed by atoms with Gasteiger partial charge in [-0.3, -0.25) is 0 Å². The normalized spacial score (nSPS) is 14.0. The number of rotatable bonds is 2. The molecule has 0 fully saturated rings. The van der Waals surface area contributed by atoms with Gasteiger partial charge in [0.2, 0.25) is 0 Å². The number of hydrogen-bond donors (Lipinski definition) is 0. The van der Waals surface area contributed by atoms with Crippen molar-refractivity contribution in [3.63, 3.8) is 0 Å². The van der Waals surface area contributed by atoms with Crippen molar-refractivity contribution >= 4 is 0 Å². The van der Waals surface area contributed by atoms with Crippen molar-refractivity contribution in [1.29, 1.82) is 0 Å². The highest BCUT2D eigenvalue weighted by atomic mass is 14.1. The molecule has 0 N–H and O–H groups in total. The first-order chi connectivity index (χ1) is 4.95. The van der Waals surface area contributed by atoms with Gasteiger partial charge in [0.25, 0.3) is 0 Å². The summed E-state index contributed by atoms with van der Waals surface area (Å²) in [4.78, 5) is 0. The maximum Gasteiger partial charge on any atom is -0.0200 e. The minimum Gasteiger partial charge on any atom is -0.0988 e. The Morgan fingerprint density at radius 3 is 2.18 bits per heavy atom. The lowest BCUT2D eigenvalue weighted by Crippen LogP contribution is -1.97.